The van der Waals surface area contributed by atoms with Crippen LogP contribution in [0.4, 0.5) is 0 Å². The molecular weight excluding hydrogens is 292 g/mol. The maximum atomic E-state index is 12.5. The van der Waals surface area contributed by atoms with Gasteiger partial charge in [-0.25, -0.2) is 0 Å². The molecule has 1 amide bonds. The number of hydrogen-bond acceptors (Lipinski definition) is 5. The van der Waals surface area contributed by atoms with E-state index in [1.807, 2.05) is 11.1 Å². The van der Waals surface area contributed by atoms with Gasteiger partial charge in [-0.1, -0.05) is 0 Å². The van der Waals surface area contributed by atoms with Gasteiger partial charge in [0, 0.05) is 44.3 Å². The predicted octanol–water partition coefficient (Wildman–Crippen LogP) is 1.12. The highest BCUT2D eigenvalue weighted by Crippen LogP contribution is 2.15. The van der Waals surface area contributed by atoms with Crippen LogP contribution in [-0.2, 0) is 16.0 Å². The normalized spacial score (nSPS) is 23.0. The molecule has 0 saturated carbocycles. The quantitative estimate of drug-likeness (QED) is 0.814. The third kappa shape index (κ3) is 4.72. The highest BCUT2D eigenvalue weighted by molar-refractivity contribution is 5.78. The summed E-state index contributed by atoms with van der Waals surface area (Å²) >= 11 is 0. The van der Waals surface area contributed by atoms with Crippen molar-refractivity contribution in [1.29, 1.82) is 0 Å². The van der Waals surface area contributed by atoms with Gasteiger partial charge in [0.25, 0.3) is 0 Å². The van der Waals surface area contributed by atoms with Crippen molar-refractivity contribution in [2.75, 3.05) is 39.4 Å². The first kappa shape index (κ1) is 16.3. The second kappa shape index (κ2) is 8.36. The molecule has 0 radical (unpaired) electrons. The lowest BCUT2D eigenvalue weighted by molar-refractivity contribution is -0.135. The number of amides is 1. The minimum Gasteiger partial charge on any atom is -0.378 e. The van der Waals surface area contributed by atoms with Crippen LogP contribution in [0.25, 0.3) is 0 Å². The van der Waals surface area contributed by atoms with Crippen molar-refractivity contribution in [3.63, 3.8) is 0 Å². The molecule has 2 fully saturated rings. The fourth-order valence-corrected chi connectivity index (χ4v) is 3.35. The topological polar surface area (TPSA) is 58.6 Å². The Bertz CT molecular complexity index is 491. The molecule has 1 aromatic rings. The Morgan fingerprint density at radius 2 is 2.09 bits per heavy atom. The maximum absolute atomic E-state index is 12.5. The summed E-state index contributed by atoms with van der Waals surface area (Å²) < 4.78 is 5.63. The molecular formula is C17H26N4O2. The summed E-state index contributed by atoms with van der Waals surface area (Å²) in [5.41, 5.74) is 1.00. The SMILES string of the molecule is O=C(CN1CCOC[C@H]1CCc1cnccn1)N1CCCCC1. The van der Waals surface area contributed by atoms with E-state index in [1.165, 1.54) is 6.42 Å². The highest BCUT2D eigenvalue weighted by atomic mass is 16.5. The van der Waals surface area contributed by atoms with E-state index in [1.54, 1.807) is 12.4 Å². The molecule has 2 aliphatic heterocycles. The van der Waals surface area contributed by atoms with Gasteiger partial charge in [-0.15, -0.1) is 0 Å². The minimum atomic E-state index is 0.274. The molecule has 2 saturated heterocycles. The predicted molar refractivity (Wildman–Crippen MR) is 87.0 cm³/mol. The van der Waals surface area contributed by atoms with Gasteiger partial charge in [-0.3, -0.25) is 19.7 Å². The molecule has 0 spiro atoms. The van der Waals surface area contributed by atoms with Crippen molar-refractivity contribution in [3.05, 3.63) is 24.3 Å². The van der Waals surface area contributed by atoms with Crippen molar-refractivity contribution in [2.45, 2.75) is 38.1 Å². The van der Waals surface area contributed by atoms with E-state index >= 15 is 0 Å². The Labute approximate surface area is 137 Å². The molecule has 0 aliphatic carbocycles. The van der Waals surface area contributed by atoms with E-state index in [-0.39, 0.29) is 5.91 Å². The Kier molecular flexibility index (Phi) is 5.93. The van der Waals surface area contributed by atoms with E-state index in [9.17, 15) is 4.79 Å². The molecule has 23 heavy (non-hydrogen) atoms. The van der Waals surface area contributed by atoms with Gasteiger partial charge in [-0.05, 0) is 32.1 Å². The van der Waals surface area contributed by atoms with Crippen LogP contribution >= 0.6 is 0 Å². The Hall–Kier alpha value is -1.53. The van der Waals surface area contributed by atoms with Gasteiger partial charge in [0.05, 0.1) is 25.5 Å². The second-order valence-electron chi connectivity index (χ2n) is 6.38. The first-order valence-electron chi connectivity index (χ1n) is 8.67. The van der Waals surface area contributed by atoms with Crippen LogP contribution in [0.3, 0.4) is 0 Å². The van der Waals surface area contributed by atoms with Crippen LogP contribution in [0.1, 0.15) is 31.4 Å². The zero-order chi connectivity index (χ0) is 15.9. The summed E-state index contributed by atoms with van der Waals surface area (Å²) in [7, 11) is 0. The number of morpholine rings is 1. The van der Waals surface area contributed by atoms with Crippen LogP contribution in [0.5, 0.6) is 0 Å². The number of rotatable bonds is 5. The lowest BCUT2D eigenvalue weighted by atomic mass is 10.1. The Morgan fingerprint density at radius 3 is 2.87 bits per heavy atom. The fourth-order valence-electron chi connectivity index (χ4n) is 3.35. The first-order valence-corrected chi connectivity index (χ1v) is 8.67. The van der Waals surface area contributed by atoms with Crippen molar-refractivity contribution in [2.24, 2.45) is 0 Å². The zero-order valence-corrected chi connectivity index (χ0v) is 13.7. The molecule has 1 aromatic heterocycles. The summed E-state index contributed by atoms with van der Waals surface area (Å²) in [6, 6.07) is 0.291. The van der Waals surface area contributed by atoms with Crippen LogP contribution in [0.15, 0.2) is 18.6 Å². The van der Waals surface area contributed by atoms with Gasteiger partial charge >= 0.3 is 0 Å². The van der Waals surface area contributed by atoms with Crippen molar-refractivity contribution >= 4 is 5.91 Å². The Balaban J connectivity index is 1.52. The summed E-state index contributed by atoms with van der Waals surface area (Å²) in [4.78, 5) is 25.3. The lowest BCUT2D eigenvalue weighted by Gasteiger charge is -2.37. The van der Waals surface area contributed by atoms with Crippen molar-refractivity contribution < 1.29 is 9.53 Å². The molecule has 0 bridgehead atoms. The van der Waals surface area contributed by atoms with Crippen LogP contribution < -0.4 is 0 Å². The number of carbonyl (C=O) groups excluding carboxylic acids is 1. The number of carbonyl (C=O) groups is 1. The molecule has 2 aliphatic rings. The monoisotopic (exact) mass is 318 g/mol. The van der Waals surface area contributed by atoms with E-state index in [0.29, 0.717) is 19.2 Å². The molecule has 126 valence electrons. The fraction of sp³-hybridized carbons (Fsp3) is 0.706. The average molecular weight is 318 g/mol. The summed E-state index contributed by atoms with van der Waals surface area (Å²) in [5.74, 6) is 0.274. The smallest absolute Gasteiger partial charge is 0.236 e. The largest absolute Gasteiger partial charge is 0.378 e. The van der Waals surface area contributed by atoms with Gasteiger partial charge < -0.3 is 9.64 Å². The number of ether oxygens (including phenoxy) is 1. The van der Waals surface area contributed by atoms with Gasteiger partial charge in [0.2, 0.25) is 5.91 Å². The maximum Gasteiger partial charge on any atom is 0.236 e. The molecule has 0 unspecified atom stereocenters. The number of aromatic nitrogens is 2. The molecule has 6 nitrogen and oxygen atoms in total. The summed E-state index contributed by atoms with van der Waals surface area (Å²) in [6.45, 7) is 4.63. The minimum absolute atomic E-state index is 0.274. The zero-order valence-electron chi connectivity index (χ0n) is 13.7. The molecule has 1 atom stereocenters. The van der Waals surface area contributed by atoms with Crippen LogP contribution in [0, 0.1) is 0 Å². The van der Waals surface area contributed by atoms with Gasteiger partial charge in [0.15, 0.2) is 0 Å². The number of likely N-dealkylation sites (tertiary alicyclic amines) is 1. The Morgan fingerprint density at radius 1 is 1.22 bits per heavy atom. The number of aryl methyl sites for hydroxylation is 1. The molecule has 0 aromatic carbocycles. The molecule has 3 heterocycles. The highest BCUT2D eigenvalue weighted by Gasteiger charge is 2.27. The van der Waals surface area contributed by atoms with E-state index in [4.69, 9.17) is 4.74 Å². The van der Waals surface area contributed by atoms with Crippen LogP contribution in [0.2, 0.25) is 0 Å². The van der Waals surface area contributed by atoms with E-state index in [2.05, 4.69) is 14.9 Å². The first-order chi connectivity index (χ1) is 11.3. The number of nitrogens with zero attached hydrogens (tertiary/aromatic N) is 4. The summed E-state index contributed by atoms with van der Waals surface area (Å²) in [5, 5.41) is 0. The molecule has 3 rings (SSSR count). The van der Waals surface area contributed by atoms with Crippen LogP contribution in [-0.4, -0.2) is 71.1 Å². The third-order valence-electron chi connectivity index (χ3n) is 4.75. The number of piperidine rings is 1. The van der Waals surface area contributed by atoms with Gasteiger partial charge in [0.1, 0.15) is 0 Å². The van der Waals surface area contributed by atoms with E-state index in [0.717, 1.165) is 57.6 Å². The van der Waals surface area contributed by atoms with Crippen molar-refractivity contribution in [1.82, 2.24) is 19.8 Å². The standard InChI is InChI=1S/C17H26N4O2/c22-17(20-8-2-1-3-9-20)13-21-10-11-23-14-16(21)5-4-15-12-18-6-7-19-15/h6-7,12,16H,1-5,8-11,13-14H2/t16-/m1/s1. The van der Waals surface area contributed by atoms with E-state index < -0.39 is 0 Å². The number of hydrogen-bond donors (Lipinski definition) is 0. The second-order valence-corrected chi connectivity index (χ2v) is 6.38. The summed E-state index contributed by atoms with van der Waals surface area (Å²) in [6.07, 6.45) is 10.6. The molecule has 6 heteroatoms. The van der Waals surface area contributed by atoms with Crippen molar-refractivity contribution in [3.8, 4) is 0 Å². The average Bonchev–Trinajstić information content (AvgIpc) is 2.62. The molecule has 0 N–H and O–H groups in total. The third-order valence-corrected chi connectivity index (χ3v) is 4.75. The lowest BCUT2D eigenvalue weighted by Crippen LogP contribution is -2.51. The van der Waals surface area contributed by atoms with Gasteiger partial charge in [-0.2, -0.15) is 0 Å².